The van der Waals surface area contributed by atoms with Crippen LogP contribution in [0.15, 0.2) is 18.2 Å². The zero-order chi connectivity index (χ0) is 14.9. The first kappa shape index (κ1) is 14.3. The van der Waals surface area contributed by atoms with Crippen molar-refractivity contribution in [2.24, 2.45) is 0 Å². The van der Waals surface area contributed by atoms with Gasteiger partial charge in [-0.15, -0.1) is 0 Å². The summed E-state index contributed by atoms with van der Waals surface area (Å²) >= 11 is 0. The Hall–Kier alpha value is -1.63. The molecule has 114 valence electrons. The molecule has 1 aliphatic rings. The minimum Gasteiger partial charge on any atom is -0.497 e. The van der Waals surface area contributed by atoms with E-state index in [9.17, 15) is 10.2 Å². The smallest absolute Gasteiger partial charge is 0.119 e. The summed E-state index contributed by atoms with van der Waals surface area (Å²) in [5.74, 6) is 0.802. The SMILES string of the molecule is COc1ccc2n[nH]c(CN3CCC[C@@](O)(CO)C3)c2c1. The maximum absolute atomic E-state index is 10.2. The molecular formula is C15H21N3O3. The average Bonchev–Trinajstić information content (AvgIpc) is 2.89. The number of aromatic amines is 1. The number of nitrogens with one attached hydrogen (secondary N) is 1. The highest BCUT2D eigenvalue weighted by Gasteiger charge is 2.32. The van der Waals surface area contributed by atoms with Gasteiger partial charge in [0.2, 0.25) is 0 Å². The molecule has 3 rings (SSSR count). The first-order valence-electron chi connectivity index (χ1n) is 7.20. The Kier molecular flexibility index (Phi) is 3.84. The second-order valence-electron chi connectivity index (χ2n) is 5.78. The van der Waals surface area contributed by atoms with Gasteiger partial charge >= 0.3 is 0 Å². The number of aliphatic hydroxyl groups is 2. The summed E-state index contributed by atoms with van der Waals surface area (Å²) < 4.78 is 5.26. The van der Waals surface area contributed by atoms with Crippen molar-refractivity contribution < 1.29 is 14.9 Å². The third kappa shape index (κ3) is 2.88. The van der Waals surface area contributed by atoms with E-state index in [4.69, 9.17) is 4.74 Å². The highest BCUT2D eigenvalue weighted by Crippen LogP contribution is 2.26. The molecule has 1 saturated heterocycles. The molecule has 0 spiro atoms. The van der Waals surface area contributed by atoms with E-state index in [-0.39, 0.29) is 6.61 Å². The van der Waals surface area contributed by atoms with E-state index >= 15 is 0 Å². The van der Waals surface area contributed by atoms with Gasteiger partial charge in [-0.25, -0.2) is 0 Å². The number of H-pyrrole nitrogens is 1. The number of β-amino-alcohol motifs (C(OH)–C–C–N with tert-alkyl or cyclic N) is 1. The van der Waals surface area contributed by atoms with Gasteiger partial charge < -0.3 is 14.9 Å². The van der Waals surface area contributed by atoms with Gasteiger partial charge in [-0.1, -0.05) is 0 Å². The van der Waals surface area contributed by atoms with Gasteiger partial charge in [0, 0.05) is 18.5 Å². The summed E-state index contributed by atoms with van der Waals surface area (Å²) in [5, 5.41) is 28.0. The molecule has 1 aromatic carbocycles. The second-order valence-corrected chi connectivity index (χ2v) is 5.78. The van der Waals surface area contributed by atoms with E-state index in [0.717, 1.165) is 35.3 Å². The predicted molar refractivity (Wildman–Crippen MR) is 79.2 cm³/mol. The molecule has 0 saturated carbocycles. The predicted octanol–water partition coefficient (Wildman–Crippen LogP) is 0.891. The summed E-state index contributed by atoms with van der Waals surface area (Å²) in [5.41, 5.74) is 0.928. The summed E-state index contributed by atoms with van der Waals surface area (Å²) in [6.45, 7) is 1.87. The Morgan fingerprint density at radius 3 is 3.10 bits per heavy atom. The van der Waals surface area contributed by atoms with Crippen LogP contribution in [0.3, 0.4) is 0 Å². The third-order valence-corrected chi connectivity index (χ3v) is 4.15. The number of rotatable bonds is 4. The highest BCUT2D eigenvalue weighted by atomic mass is 16.5. The molecule has 1 fully saturated rings. The van der Waals surface area contributed by atoms with Crippen molar-refractivity contribution in [3.63, 3.8) is 0 Å². The zero-order valence-electron chi connectivity index (χ0n) is 12.2. The molecule has 1 aromatic heterocycles. The molecule has 0 radical (unpaired) electrons. The lowest BCUT2D eigenvalue weighted by atomic mass is 9.93. The standard InChI is InChI=1S/C15H21N3O3/c1-21-11-3-4-13-12(7-11)14(17-16-13)8-18-6-2-5-15(20,9-18)10-19/h3-4,7,19-20H,2,5-6,8-10H2,1H3,(H,16,17)/t15-/m0/s1. The van der Waals surface area contributed by atoms with Crippen molar-refractivity contribution in [2.75, 3.05) is 26.8 Å². The average molecular weight is 291 g/mol. The quantitative estimate of drug-likeness (QED) is 0.779. The first-order valence-corrected chi connectivity index (χ1v) is 7.20. The van der Waals surface area contributed by atoms with E-state index in [0.29, 0.717) is 19.5 Å². The Labute approximate surface area is 123 Å². The molecule has 21 heavy (non-hydrogen) atoms. The molecule has 0 unspecified atom stereocenters. The molecule has 0 bridgehead atoms. The van der Waals surface area contributed by atoms with Crippen LogP contribution in [0.5, 0.6) is 5.75 Å². The van der Waals surface area contributed by atoms with Crippen LogP contribution in [0.2, 0.25) is 0 Å². The number of piperidine rings is 1. The van der Waals surface area contributed by atoms with Crippen LogP contribution in [-0.2, 0) is 6.54 Å². The van der Waals surface area contributed by atoms with E-state index in [2.05, 4.69) is 15.1 Å². The Morgan fingerprint density at radius 2 is 2.33 bits per heavy atom. The number of ether oxygens (including phenoxy) is 1. The number of methoxy groups -OCH3 is 1. The fourth-order valence-electron chi connectivity index (χ4n) is 2.98. The maximum Gasteiger partial charge on any atom is 0.119 e. The molecule has 6 heteroatoms. The largest absolute Gasteiger partial charge is 0.497 e. The van der Waals surface area contributed by atoms with E-state index in [1.165, 1.54) is 0 Å². The first-order chi connectivity index (χ1) is 10.1. The summed E-state index contributed by atoms with van der Waals surface area (Å²) in [7, 11) is 1.65. The molecule has 1 aliphatic heterocycles. The highest BCUT2D eigenvalue weighted by molar-refractivity contribution is 5.82. The maximum atomic E-state index is 10.2. The molecular weight excluding hydrogens is 270 g/mol. The number of hydrogen-bond acceptors (Lipinski definition) is 5. The number of nitrogens with zero attached hydrogens (tertiary/aromatic N) is 2. The molecule has 1 atom stereocenters. The van der Waals surface area contributed by atoms with Crippen LogP contribution in [0.25, 0.3) is 10.9 Å². The molecule has 6 nitrogen and oxygen atoms in total. The minimum atomic E-state index is -0.980. The van der Waals surface area contributed by atoms with Crippen LogP contribution in [-0.4, -0.2) is 57.7 Å². The fraction of sp³-hybridized carbons (Fsp3) is 0.533. The van der Waals surface area contributed by atoms with Crippen molar-refractivity contribution in [1.29, 1.82) is 0 Å². The molecule has 0 amide bonds. The van der Waals surface area contributed by atoms with Gasteiger partial charge in [0.1, 0.15) is 11.4 Å². The van der Waals surface area contributed by atoms with Crippen molar-refractivity contribution >= 4 is 10.9 Å². The molecule has 2 aromatic rings. The Bertz CT molecular complexity index is 628. The van der Waals surface area contributed by atoms with Crippen LogP contribution in [0.4, 0.5) is 0 Å². The van der Waals surface area contributed by atoms with Gasteiger partial charge in [0.25, 0.3) is 0 Å². The van der Waals surface area contributed by atoms with Gasteiger partial charge in [0.15, 0.2) is 0 Å². The number of aromatic nitrogens is 2. The van der Waals surface area contributed by atoms with Crippen molar-refractivity contribution in [3.05, 3.63) is 23.9 Å². The lowest BCUT2D eigenvalue weighted by Gasteiger charge is -2.37. The topological polar surface area (TPSA) is 81.6 Å². The zero-order valence-corrected chi connectivity index (χ0v) is 12.2. The third-order valence-electron chi connectivity index (χ3n) is 4.15. The number of aliphatic hydroxyl groups excluding tert-OH is 1. The summed E-state index contributed by atoms with van der Waals surface area (Å²) in [4.78, 5) is 2.14. The Balaban J connectivity index is 1.81. The number of benzene rings is 1. The lowest BCUT2D eigenvalue weighted by molar-refractivity contribution is -0.0688. The molecule has 3 N–H and O–H groups in total. The van der Waals surface area contributed by atoms with Crippen molar-refractivity contribution in [3.8, 4) is 5.75 Å². The van der Waals surface area contributed by atoms with Gasteiger partial charge in [-0.2, -0.15) is 5.10 Å². The lowest BCUT2D eigenvalue weighted by Crippen LogP contribution is -2.50. The van der Waals surface area contributed by atoms with Gasteiger partial charge in [0.05, 0.1) is 24.9 Å². The van der Waals surface area contributed by atoms with Gasteiger partial charge in [-0.05, 0) is 37.6 Å². The number of hydrogen-bond donors (Lipinski definition) is 3. The van der Waals surface area contributed by atoms with Crippen LogP contribution < -0.4 is 4.74 Å². The molecule has 2 heterocycles. The van der Waals surface area contributed by atoms with Crippen LogP contribution in [0, 0.1) is 0 Å². The van der Waals surface area contributed by atoms with E-state index in [1.54, 1.807) is 7.11 Å². The van der Waals surface area contributed by atoms with E-state index < -0.39 is 5.60 Å². The van der Waals surface area contributed by atoms with Crippen molar-refractivity contribution in [2.45, 2.75) is 25.0 Å². The number of fused-ring (bicyclic) bond motifs is 1. The molecule has 0 aliphatic carbocycles. The van der Waals surface area contributed by atoms with Crippen LogP contribution >= 0.6 is 0 Å². The van der Waals surface area contributed by atoms with Gasteiger partial charge in [-0.3, -0.25) is 10.00 Å². The number of likely N-dealkylation sites (tertiary alicyclic amines) is 1. The minimum absolute atomic E-state index is 0.193. The summed E-state index contributed by atoms with van der Waals surface area (Å²) in [6, 6.07) is 5.78. The second kappa shape index (κ2) is 5.63. The fourth-order valence-corrected chi connectivity index (χ4v) is 2.98. The monoisotopic (exact) mass is 291 g/mol. The Morgan fingerprint density at radius 1 is 1.48 bits per heavy atom. The van der Waals surface area contributed by atoms with Crippen LogP contribution in [0.1, 0.15) is 18.5 Å². The normalized spacial score (nSPS) is 23.6. The summed E-state index contributed by atoms with van der Waals surface area (Å²) in [6.07, 6.45) is 1.53. The van der Waals surface area contributed by atoms with Crippen molar-refractivity contribution in [1.82, 2.24) is 15.1 Å². The van der Waals surface area contributed by atoms with E-state index in [1.807, 2.05) is 18.2 Å².